The molecule has 0 bridgehead atoms. The first-order valence-corrected chi connectivity index (χ1v) is 10.8. The van der Waals surface area contributed by atoms with Crippen molar-refractivity contribution in [1.29, 1.82) is 0 Å². The highest BCUT2D eigenvalue weighted by Gasteiger charge is 2.21. The van der Waals surface area contributed by atoms with Crippen LogP contribution >= 0.6 is 0 Å². The maximum atomic E-state index is 12.3. The summed E-state index contributed by atoms with van der Waals surface area (Å²) in [4.78, 5) is 14.8. The first-order chi connectivity index (χ1) is 12.9. The molecule has 0 radical (unpaired) electrons. The number of hydrogen-bond donors (Lipinski definition) is 1. The lowest BCUT2D eigenvalue weighted by atomic mass is 10.2. The molecule has 7 heteroatoms. The summed E-state index contributed by atoms with van der Waals surface area (Å²) in [6, 6.07) is 16.2. The molecule has 1 fully saturated rings. The molecule has 2 aromatic rings. The molecular formula is C20H24N2O4S. The van der Waals surface area contributed by atoms with Crippen LogP contribution < -0.4 is 5.32 Å². The Bertz CT molecular complexity index is 867. The van der Waals surface area contributed by atoms with Crippen LogP contribution in [0.3, 0.4) is 0 Å². The first kappa shape index (κ1) is 19.5. The highest BCUT2D eigenvalue weighted by Crippen LogP contribution is 2.12. The second-order valence-corrected chi connectivity index (χ2v) is 8.74. The number of benzene rings is 2. The summed E-state index contributed by atoms with van der Waals surface area (Å²) >= 11 is 0. The molecule has 1 amide bonds. The molecule has 1 N–H and O–H groups in total. The fraction of sp³-hybridized carbons (Fsp3) is 0.350. The van der Waals surface area contributed by atoms with Crippen molar-refractivity contribution in [2.45, 2.75) is 17.5 Å². The number of nitrogens with zero attached hydrogens (tertiary/aromatic N) is 1. The number of nitrogens with one attached hydrogen (secondary N) is 1. The van der Waals surface area contributed by atoms with Crippen LogP contribution in [0.5, 0.6) is 0 Å². The van der Waals surface area contributed by atoms with Gasteiger partial charge >= 0.3 is 0 Å². The van der Waals surface area contributed by atoms with Crippen LogP contribution in [0, 0.1) is 0 Å². The maximum Gasteiger partial charge on any atom is 0.251 e. The average molecular weight is 388 g/mol. The van der Waals surface area contributed by atoms with Crippen LogP contribution in [0.2, 0.25) is 0 Å². The minimum Gasteiger partial charge on any atom is -0.374 e. The Balaban J connectivity index is 1.51. The third kappa shape index (κ3) is 5.63. The van der Waals surface area contributed by atoms with Gasteiger partial charge in [-0.2, -0.15) is 0 Å². The van der Waals surface area contributed by atoms with Crippen LogP contribution in [0.25, 0.3) is 0 Å². The predicted molar refractivity (Wildman–Crippen MR) is 103 cm³/mol. The molecule has 1 unspecified atom stereocenters. The number of sulfone groups is 1. The van der Waals surface area contributed by atoms with Crippen LogP contribution in [-0.2, 0) is 21.1 Å². The van der Waals surface area contributed by atoms with Gasteiger partial charge in [0.2, 0.25) is 0 Å². The molecule has 3 rings (SSSR count). The van der Waals surface area contributed by atoms with Gasteiger partial charge in [0, 0.05) is 38.0 Å². The summed E-state index contributed by atoms with van der Waals surface area (Å²) in [7, 11) is -3.26. The number of ether oxygens (including phenoxy) is 1. The van der Waals surface area contributed by atoms with E-state index in [4.69, 9.17) is 4.74 Å². The van der Waals surface area contributed by atoms with E-state index in [9.17, 15) is 13.2 Å². The molecule has 1 atom stereocenters. The lowest BCUT2D eigenvalue weighted by Gasteiger charge is -2.33. The highest BCUT2D eigenvalue weighted by atomic mass is 32.2. The maximum absolute atomic E-state index is 12.3. The molecule has 0 aromatic heterocycles. The van der Waals surface area contributed by atoms with Gasteiger partial charge in [0.05, 0.1) is 17.6 Å². The zero-order valence-corrected chi connectivity index (χ0v) is 16.1. The van der Waals surface area contributed by atoms with E-state index in [1.165, 1.54) is 29.8 Å². The topological polar surface area (TPSA) is 75.7 Å². The lowest BCUT2D eigenvalue weighted by Crippen LogP contribution is -2.47. The predicted octanol–water partition coefficient (Wildman–Crippen LogP) is 1.72. The Morgan fingerprint density at radius 1 is 1.15 bits per heavy atom. The Labute approximate surface area is 160 Å². The monoisotopic (exact) mass is 388 g/mol. The van der Waals surface area contributed by atoms with Crippen molar-refractivity contribution in [1.82, 2.24) is 10.2 Å². The molecule has 6 nitrogen and oxygen atoms in total. The standard InChI is InChI=1S/C20H24N2O4S/c1-27(24,25)19-9-7-17(8-10-19)20(23)21-13-18-15-22(11-12-26-18)14-16-5-3-2-4-6-16/h2-10,18H,11-15H2,1H3,(H,21,23). The van der Waals surface area contributed by atoms with E-state index in [1.807, 2.05) is 18.2 Å². The van der Waals surface area contributed by atoms with Crippen molar-refractivity contribution in [3.05, 3.63) is 65.7 Å². The van der Waals surface area contributed by atoms with Gasteiger partial charge in [-0.1, -0.05) is 30.3 Å². The Kier molecular flexibility index (Phi) is 6.26. The van der Waals surface area contributed by atoms with E-state index < -0.39 is 9.84 Å². The van der Waals surface area contributed by atoms with Crippen molar-refractivity contribution in [2.24, 2.45) is 0 Å². The molecule has 1 heterocycles. The minimum absolute atomic E-state index is 0.0679. The van der Waals surface area contributed by atoms with E-state index in [2.05, 4.69) is 22.3 Å². The van der Waals surface area contributed by atoms with Gasteiger partial charge in [-0.3, -0.25) is 9.69 Å². The molecule has 1 aliphatic rings. The highest BCUT2D eigenvalue weighted by molar-refractivity contribution is 7.90. The minimum atomic E-state index is -3.26. The zero-order chi connectivity index (χ0) is 19.3. The lowest BCUT2D eigenvalue weighted by molar-refractivity contribution is -0.0292. The van der Waals surface area contributed by atoms with Crippen molar-refractivity contribution >= 4 is 15.7 Å². The third-order valence-electron chi connectivity index (χ3n) is 4.51. The fourth-order valence-corrected chi connectivity index (χ4v) is 3.68. The number of carbonyl (C=O) groups excluding carboxylic acids is 1. The van der Waals surface area contributed by atoms with Crippen molar-refractivity contribution < 1.29 is 17.9 Å². The SMILES string of the molecule is CS(=O)(=O)c1ccc(C(=O)NCC2CN(Cc3ccccc3)CCO2)cc1. The van der Waals surface area contributed by atoms with E-state index in [0.29, 0.717) is 18.7 Å². The van der Waals surface area contributed by atoms with Crippen molar-refractivity contribution in [3.63, 3.8) is 0 Å². The summed E-state index contributed by atoms with van der Waals surface area (Å²) in [5.41, 5.74) is 1.69. The molecule has 1 saturated heterocycles. The summed E-state index contributed by atoms with van der Waals surface area (Å²) in [5, 5.41) is 2.87. The van der Waals surface area contributed by atoms with Crippen LogP contribution in [0.4, 0.5) is 0 Å². The third-order valence-corrected chi connectivity index (χ3v) is 5.64. The molecule has 0 spiro atoms. The Morgan fingerprint density at radius 3 is 2.52 bits per heavy atom. The number of amides is 1. The fourth-order valence-electron chi connectivity index (χ4n) is 3.05. The van der Waals surface area contributed by atoms with Gasteiger partial charge in [0.1, 0.15) is 0 Å². The van der Waals surface area contributed by atoms with Crippen molar-refractivity contribution in [3.8, 4) is 0 Å². The quantitative estimate of drug-likeness (QED) is 0.816. The second-order valence-electron chi connectivity index (χ2n) is 6.72. The summed E-state index contributed by atoms with van der Waals surface area (Å²) in [6.07, 6.45) is 1.07. The first-order valence-electron chi connectivity index (χ1n) is 8.88. The van der Waals surface area contributed by atoms with E-state index in [-0.39, 0.29) is 16.9 Å². The number of hydrogen-bond acceptors (Lipinski definition) is 5. The zero-order valence-electron chi connectivity index (χ0n) is 15.3. The van der Waals surface area contributed by atoms with Crippen LogP contribution in [0.15, 0.2) is 59.5 Å². The van der Waals surface area contributed by atoms with Crippen LogP contribution in [0.1, 0.15) is 15.9 Å². The van der Waals surface area contributed by atoms with Gasteiger partial charge in [-0.05, 0) is 29.8 Å². The Morgan fingerprint density at radius 2 is 1.85 bits per heavy atom. The molecule has 1 aliphatic heterocycles. The van der Waals surface area contributed by atoms with Gasteiger partial charge < -0.3 is 10.1 Å². The van der Waals surface area contributed by atoms with Crippen LogP contribution in [-0.4, -0.2) is 57.8 Å². The second kappa shape index (κ2) is 8.65. The largest absolute Gasteiger partial charge is 0.374 e. The molecule has 0 aliphatic carbocycles. The molecular weight excluding hydrogens is 364 g/mol. The van der Waals surface area contributed by atoms with E-state index >= 15 is 0 Å². The number of carbonyl (C=O) groups is 1. The smallest absolute Gasteiger partial charge is 0.251 e. The summed E-state index contributed by atoms with van der Waals surface area (Å²) in [5.74, 6) is -0.237. The normalized spacial score (nSPS) is 18.2. The molecule has 2 aromatic carbocycles. The molecule has 144 valence electrons. The van der Waals surface area contributed by atoms with Crippen molar-refractivity contribution in [2.75, 3.05) is 32.5 Å². The van der Waals surface area contributed by atoms with Gasteiger partial charge in [-0.25, -0.2) is 8.42 Å². The average Bonchev–Trinajstić information content (AvgIpc) is 2.67. The molecule has 27 heavy (non-hydrogen) atoms. The molecule has 0 saturated carbocycles. The van der Waals surface area contributed by atoms with Gasteiger partial charge in [0.15, 0.2) is 9.84 Å². The summed E-state index contributed by atoms with van der Waals surface area (Å²) < 4.78 is 28.7. The van der Waals surface area contributed by atoms with E-state index in [1.54, 1.807) is 0 Å². The van der Waals surface area contributed by atoms with Gasteiger partial charge in [0.25, 0.3) is 5.91 Å². The van der Waals surface area contributed by atoms with Gasteiger partial charge in [-0.15, -0.1) is 0 Å². The summed E-state index contributed by atoms with van der Waals surface area (Å²) in [6.45, 7) is 3.53. The Hall–Kier alpha value is -2.22. The number of rotatable bonds is 6. The number of morpholine rings is 1. The van der Waals surface area contributed by atoms with E-state index in [0.717, 1.165) is 25.9 Å².